The van der Waals surface area contributed by atoms with Crippen LogP contribution in [-0.2, 0) is 11.2 Å². The number of carbonyl (C=O) groups is 1. The third kappa shape index (κ3) is 9.80. The SMILES string of the molecule is O=C([O-])C(Cl)(Cl)CCCCCCCCc1ccccc1.[Na+]. The molecule has 21 heavy (non-hydrogen) atoms. The van der Waals surface area contributed by atoms with Gasteiger partial charge in [-0.15, -0.1) is 0 Å². The van der Waals surface area contributed by atoms with Crippen molar-refractivity contribution in [2.75, 3.05) is 0 Å². The van der Waals surface area contributed by atoms with Crippen LogP contribution in [0.5, 0.6) is 0 Å². The Balaban J connectivity index is 0.00000400. The number of unbranched alkanes of at least 4 members (excludes halogenated alkanes) is 5. The molecule has 112 valence electrons. The number of carbonyl (C=O) groups excluding carboxylic acids is 1. The van der Waals surface area contributed by atoms with Gasteiger partial charge in [0.2, 0.25) is 0 Å². The molecule has 1 aromatic carbocycles. The van der Waals surface area contributed by atoms with Crippen LogP contribution in [0.2, 0.25) is 0 Å². The summed E-state index contributed by atoms with van der Waals surface area (Å²) in [6, 6.07) is 10.5. The van der Waals surface area contributed by atoms with Crippen LogP contribution < -0.4 is 34.7 Å². The van der Waals surface area contributed by atoms with Gasteiger partial charge in [-0.3, -0.25) is 0 Å². The summed E-state index contributed by atoms with van der Waals surface area (Å²) in [5.74, 6) is -1.40. The Morgan fingerprint density at radius 2 is 1.48 bits per heavy atom. The summed E-state index contributed by atoms with van der Waals surface area (Å²) in [6.45, 7) is 0. The Hall–Kier alpha value is 0.270. The van der Waals surface area contributed by atoms with E-state index < -0.39 is 10.3 Å². The van der Waals surface area contributed by atoms with Gasteiger partial charge in [0, 0.05) is 0 Å². The standard InChI is InChI=1S/C16H22Cl2O2.Na/c17-16(18,15(19)20)13-9-4-2-1-3-6-10-14-11-7-5-8-12-14;/h5,7-8,11-12H,1-4,6,9-10,13H2,(H,19,20);/q;+1/p-1. The predicted octanol–water partition coefficient (Wildman–Crippen LogP) is 0.888. The van der Waals surface area contributed by atoms with E-state index in [-0.39, 0.29) is 36.0 Å². The van der Waals surface area contributed by atoms with Crippen molar-refractivity contribution in [2.45, 2.75) is 55.7 Å². The van der Waals surface area contributed by atoms with Crippen molar-refractivity contribution >= 4 is 29.2 Å². The van der Waals surface area contributed by atoms with Gasteiger partial charge in [-0.1, -0.05) is 85.6 Å². The van der Waals surface area contributed by atoms with Crippen LogP contribution in [0.1, 0.15) is 50.5 Å². The number of rotatable bonds is 10. The smallest absolute Gasteiger partial charge is 0.547 e. The molecule has 0 heterocycles. The van der Waals surface area contributed by atoms with Crippen LogP contribution in [0.3, 0.4) is 0 Å². The van der Waals surface area contributed by atoms with E-state index in [1.165, 1.54) is 18.4 Å². The molecular formula is C16H21Cl2NaO2. The van der Waals surface area contributed by atoms with E-state index in [0.29, 0.717) is 0 Å². The number of carboxylic acids is 1. The number of aliphatic carboxylic acids is 1. The van der Waals surface area contributed by atoms with Crippen molar-refractivity contribution in [3.63, 3.8) is 0 Å². The van der Waals surface area contributed by atoms with Crippen LogP contribution in [0.25, 0.3) is 0 Å². The molecule has 2 nitrogen and oxygen atoms in total. The number of halogens is 2. The van der Waals surface area contributed by atoms with Crippen molar-refractivity contribution in [1.82, 2.24) is 0 Å². The van der Waals surface area contributed by atoms with E-state index in [4.69, 9.17) is 23.2 Å². The Morgan fingerprint density at radius 1 is 0.952 bits per heavy atom. The summed E-state index contributed by atoms with van der Waals surface area (Å²) >= 11 is 11.2. The zero-order chi connectivity index (χ0) is 14.8. The molecule has 0 aliphatic carbocycles. The van der Waals surface area contributed by atoms with Crippen molar-refractivity contribution in [3.8, 4) is 0 Å². The first-order valence-corrected chi connectivity index (χ1v) is 7.91. The number of aryl methyl sites for hydroxylation is 1. The van der Waals surface area contributed by atoms with E-state index in [0.717, 1.165) is 32.1 Å². The molecular weight excluding hydrogens is 318 g/mol. The van der Waals surface area contributed by atoms with Gasteiger partial charge in [-0.25, -0.2) is 0 Å². The van der Waals surface area contributed by atoms with Crippen LogP contribution >= 0.6 is 23.2 Å². The van der Waals surface area contributed by atoms with Gasteiger partial charge in [0.25, 0.3) is 0 Å². The molecule has 5 heteroatoms. The number of carboxylic acid groups (broad SMARTS) is 1. The minimum atomic E-state index is -1.73. The Morgan fingerprint density at radius 3 is 2.05 bits per heavy atom. The van der Waals surface area contributed by atoms with E-state index in [1.54, 1.807) is 0 Å². The number of benzene rings is 1. The molecule has 0 aromatic heterocycles. The van der Waals surface area contributed by atoms with Gasteiger partial charge in [0.1, 0.15) is 0 Å². The van der Waals surface area contributed by atoms with Crippen LogP contribution in [-0.4, -0.2) is 10.3 Å². The average molecular weight is 339 g/mol. The summed E-state index contributed by atoms with van der Waals surface area (Å²) in [5.41, 5.74) is 1.38. The molecule has 0 aliphatic heterocycles. The van der Waals surface area contributed by atoms with Crippen molar-refractivity contribution < 1.29 is 39.5 Å². The van der Waals surface area contributed by atoms with Gasteiger partial charge < -0.3 is 9.90 Å². The third-order valence-corrected chi connectivity index (χ3v) is 4.03. The van der Waals surface area contributed by atoms with Gasteiger partial charge in [-0.05, 0) is 24.8 Å². The summed E-state index contributed by atoms with van der Waals surface area (Å²) < 4.78 is -1.73. The zero-order valence-electron chi connectivity index (χ0n) is 12.6. The van der Waals surface area contributed by atoms with E-state index >= 15 is 0 Å². The summed E-state index contributed by atoms with van der Waals surface area (Å²) in [7, 11) is 0. The van der Waals surface area contributed by atoms with Gasteiger partial charge in [0.15, 0.2) is 4.33 Å². The van der Waals surface area contributed by atoms with E-state index in [2.05, 4.69) is 24.3 Å². The quantitative estimate of drug-likeness (QED) is 0.361. The fourth-order valence-electron chi connectivity index (χ4n) is 2.13. The topological polar surface area (TPSA) is 40.1 Å². The minimum Gasteiger partial charge on any atom is -0.547 e. The van der Waals surface area contributed by atoms with Crippen molar-refractivity contribution in [1.29, 1.82) is 0 Å². The second-order valence-electron chi connectivity index (χ2n) is 5.10. The molecule has 0 fully saturated rings. The first-order chi connectivity index (χ1) is 9.52. The molecule has 0 amide bonds. The Bertz CT molecular complexity index is 397. The molecule has 0 saturated carbocycles. The molecule has 0 N–H and O–H groups in total. The van der Waals surface area contributed by atoms with E-state index in [1.807, 2.05) is 6.07 Å². The first-order valence-electron chi connectivity index (χ1n) is 7.15. The fraction of sp³-hybridized carbons (Fsp3) is 0.562. The maximum absolute atomic E-state index is 10.6. The molecule has 0 saturated heterocycles. The number of alkyl halides is 2. The zero-order valence-corrected chi connectivity index (χ0v) is 16.1. The molecule has 0 bridgehead atoms. The second kappa shape index (κ2) is 11.8. The van der Waals surface area contributed by atoms with Crippen molar-refractivity contribution in [2.24, 2.45) is 0 Å². The summed E-state index contributed by atoms with van der Waals surface area (Å²) in [6.07, 6.45) is 7.70. The molecule has 0 atom stereocenters. The molecule has 1 aromatic rings. The van der Waals surface area contributed by atoms with E-state index in [9.17, 15) is 9.90 Å². The molecule has 0 unspecified atom stereocenters. The fourth-order valence-corrected chi connectivity index (χ4v) is 2.40. The maximum atomic E-state index is 10.6. The largest absolute Gasteiger partial charge is 1.00 e. The third-order valence-electron chi connectivity index (χ3n) is 3.35. The molecule has 1 rings (SSSR count). The monoisotopic (exact) mass is 338 g/mol. The minimum absolute atomic E-state index is 0. The molecule has 0 spiro atoms. The first kappa shape index (κ1) is 21.3. The van der Waals surface area contributed by atoms with Gasteiger partial charge in [0.05, 0.1) is 5.97 Å². The van der Waals surface area contributed by atoms with Crippen LogP contribution in [0.15, 0.2) is 30.3 Å². The van der Waals surface area contributed by atoms with Gasteiger partial charge in [-0.2, -0.15) is 0 Å². The number of hydrogen-bond acceptors (Lipinski definition) is 2. The summed E-state index contributed by atoms with van der Waals surface area (Å²) in [4.78, 5) is 10.6. The second-order valence-corrected chi connectivity index (χ2v) is 6.58. The van der Waals surface area contributed by atoms with Crippen molar-refractivity contribution in [3.05, 3.63) is 35.9 Å². The normalized spacial score (nSPS) is 11.0. The number of hydrogen-bond donors (Lipinski definition) is 0. The molecule has 0 radical (unpaired) electrons. The molecule has 0 aliphatic rings. The Kier molecular flexibility index (Phi) is 11.9. The Labute approximate surface area is 159 Å². The summed E-state index contributed by atoms with van der Waals surface area (Å²) in [5, 5.41) is 10.6. The van der Waals surface area contributed by atoms with Crippen LogP contribution in [0, 0.1) is 0 Å². The predicted molar refractivity (Wildman–Crippen MR) is 81.9 cm³/mol. The van der Waals surface area contributed by atoms with Gasteiger partial charge >= 0.3 is 29.6 Å². The van der Waals surface area contributed by atoms with Crippen LogP contribution in [0.4, 0.5) is 0 Å². The maximum Gasteiger partial charge on any atom is 1.00 e. The average Bonchev–Trinajstić information content (AvgIpc) is 2.42.